The predicted octanol–water partition coefficient (Wildman–Crippen LogP) is 11.1. The average molecular weight is 505 g/mol. The van der Waals surface area contributed by atoms with Crippen molar-refractivity contribution in [3.05, 3.63) is 105 Å². The lowest BCUT2D eigenvalue weighted by molar-refractivity contribution is 0.0544. The summed E-state index contributed by atoms with van der Waals surface area (Å²) in [6, 6.07) is 4.68. The molecule has 1 aromatic carbocycles. The van der Waals surface area contributed by atoms with Crippen molar-refractivity contribution in [3.63, 3.8) is 0 Å². The molecule has 3 atom stereocenters. The van der Waals surface area contributed by atoms with Crippen LogP contribution in [0.5, 0.6) is 0 Å². The molecular weight excluding hydrogens is 456 g/mol. The van der Waals surface area contributed by atoms with Crippen LogP contribution in [-0.2, 0) is 6.42 Å². The molecule has 0 saturated heterocycles. The minimum atomic E-state index is -0.106. The van der Waals surface area contributed by atoms with Crippen LogP contribution >= 0.6 is 0 Å². The third-order valence-corrected chi connectivity index (χ3v) is 11.0. The third kappa shape index (κ3) is 3.70. The van der Waals surface area contributed by atoms with Gasteiger partial charge in [-0.2, -0.15) is 0 Å². The van der Waals surface area contributed by atoms with Crippen LogP contribution in [0.1, 0.15) is 109 Å². The van der Waals surface area contributed by atoms with E-state index in [0.29, 0.717) is 0 Å². The molecule has 38 heavy (non-hydrogen) atoms. The van der Waals surface area contributed by atoms with Crippen molar-refractivity contribution in [2.24, 2.45) is 16.2 Å². The van der Waals surface area contributed by atoms with Crippen molar-refractivity contribution in [3.8, 4) is 0 Å². The molecule has 0 heteroatoms. The summed E-state index contributed by atoms with van der Waals surface area (Å²) >= 11 is 0. The Kier molecular flexibility index (Phi) is 6.37. The molecule has 5 rings (SSSR count). The number of aryl methyl sites for hydroxylation is 1. The Labute approximate surface area is 232 Å². The third-order valence-electron chi connectivity index (χ3n) is 11.0. The highest BCUT2D eigenvalue weighted by Crippen LogP contribution is 2.70. The van der Waals surface area contributed by atoms with Gasteiger partial charge < -0.3 is 0 Å². The zero-order valence-electron chi connectivity index (χ0n) is 25.4. The van der Waals surface area contributed by atoms with Gasteiger partial charge in [0.2, 0.25) is 0 Å². The van der Waals surface area contributed by atoms with Gasteiger partial charge in [-0.05, 0) is 146 Å². The molecule has 4 aliphatic carbocycles. The van der Waals surface area contributed by atoms with E-state index in [2.05, 4.69) is 86.3 Å². The Morgan fingerprint density at radius 1 is 0.974 bits per heavy atom. The van der Waals surface area contributed by atoms with Crippen molar-refractivity contribution in [1.29, 1.82) is 0 Å². The first-order valence-corrected chi connectivity index (χ1v) is 14.7. The summed E-state index contributed by atoms with van der Waals surface area (Å²) in [7, 11) is 0. The lowest BCUT2D eigenvalue weighted by Gasteiger charge is -2.62. The van der Waals surface area contributed by atoms with Gasteiger partial charge >= 0.3 is 0 Å². The van der Waals surface area contributed by atoms with E-state index in [1.807, 2.05) is 0 Å². The average Bonchev–Trinajstić information content (AvgIpc) is 2.83. The summed E-state index contributed by atoms with van der Waals surface area (Å²) in [5.41, 5.74) is 18.0. The molecule has 1 aromatic rings. The van der Waals surface area contributed by atoms with E-state index >= 15 is 0 Å². The summed E-state index contributed by atoms with van der Waals surface area (Å²) in [4.78, 5) is 0. The molecule has 0 amide bonds. The Hall–Kier alpha value is -2.60. The van der Waals surface area contributed by atoms with Gasteiger partial charge in [-0.1, -0.05) is 81.5 Å². The standard InChI is InChI=1S/C38H48/c1-23(2)33-26(5)20-37(10)22-36(9)21-32-31(19-25(4)30-15-13-12-14-16-30)18-17-24(3)34(32)27(6)35(36)29(8)38(37,11)28(33)7/h15,17-19H,1,6-7,12-14,16,20-22H2,2-5,8-11H3/b25-19+/t36-,37+,38-/m1/s1. The highest BCUT2D eigenvalue weighted by molar-refractivity contribution is 5.88. The lowest BCUT2D eigenvalue weighted by Crippen LogP contribution is -2.52. The zero-order chi connectivity index (χ0) is 27.8. The molecule has 0 radical (unpaired) electrons. The summed E-state index contributed by atoms with van der Waals surface area (Å²) in [5.74, 6) is 0. The van der Waals surface area contributed by atoms with E-state index < -0.39 is 0 Å². The zero-order valence-corrected chi connectivity index (χ0v) is 25.4. The second-order valence-electron chi connectivity index (χ2n) is 13.8. The molecule has 0 fully saturated rings. The van der Waals surface area contributed by atoms with Crippen LogP contribution in [0.2, 0.25) is 0 Å². The molecule has 200 valence electrons. The monoisotopic (exact) mass is 504 g/mol. The van der Waals surface area contributed by atoms with Crippen LogP contribution in [0.3, 0.4) is 0 Å². The van der Waals surface area contributed by atoms with Gasteiger partial charge in [-0.25, -0.2) is 0 Å². The Morgan fingerprint density at radius 2 is 1.68 bits per heavy atom. The number of rotatable bonds is 3. The Balaban J connectivity index is 1.70. The van der Waals surface area contributed by atoms with Gasteiger partial charge in [0.05, 0.1) is 0 Å². The maximum Gasteiger partial charge on any atom is 0.0194 e. The summed E-state index contributed by atoms with van der Waals surface area (Å²) < 4.78 is 0. The molecule has 0 N–H and O–H groups in total. The fourth-order valence-electron chi connectivity index (χ4n) is 9.22. The number of benzene rings is 1. The van der Waals surface area contributed by atoms with Crippen LogP contribution < -0.4 is 0 Å². The summed E-state index contributed by atoms with van der Waals surface area (Å²) in [5, 5.41) is 0. The molecule has 0 saturated carbocycles. The summed E-state index contributed by atoms with van der Waals surface area (Å²) in [6.45, 7) is 32.9. The van der Waals surface area contributed by atoms with Crippen LogP contribution in [0, 0.1) is 23.2 Å². The number of allylic oxidation sites excluding steroid dienone is 10. The maximum atomic E-state index is 4.84. The lowest BCUT2D eigenvalue weighted by atomic mass is 9.41. The molecule has 0 aliphatic heterocycles. The van der Waals surface area contributed by atoms with Crippen molar-refractivity contribution < 1.29 is 0 Å². The fourth-order valence-corrected chi connectivity index (χ4v) is 9.22. The first kappa shape index (κ1) is 27.0. The van der Waals surface area contributed by atoms with Crippen molar-refractivity contribution >= 4 is 11.6 Å². The second kappa shape index (κ2) is 8.97. The molecule has 0 bridgehead atoms. The normalized spacial score (nSPS) is 31.6. The van der Waals surface area contributed by atoms with Crippen molar-refractivity contribution in [2.45, 2.75) is 100 Å². The fraction of sp³-hybridized carbons (Fsp3) is 0.474. The van der Waals surface area contributed by atoms with E-state index in [1.54, 1.807) is 5.57 Å². The topological polar surface area (TPSA) is 0 Å². The quantitative estimate of drug-likeness (QED) is 0.384. The first-order chi connectivity index (χ1) is 17.7. The van der Waals surface area contributed by atoms with Crippen LogP contribution in [0.25, 0.3) is 11.6 Å². The highest BCUT2D eigenvalue weighted by atomic mass is 14.6. The molecule has 0 spiro atoms. The molecular formula is C38H48. The van der Waals surface area contributed by atoms with Crippen LogP contribution in [-0.4, -0.2) is 0 Å². The van der Waals surface area contributed by atoms with Crippen molar-refractivity contribution in [1.82, 2.24) is 0 Å². The number of fused-ring (bicyclic) bond motifs is 3. The van der Waals surface area contributed by atoms with E-state index in [-0.39, 0.29) is 16.2 Å². The van der Waals surface area contributed by atoms with Gasteiger partial charge in [0, 0.05) is 5.41 Å². The smallest absolute Gasteiger partial charge is 0.0194 e. The molecule has 0 heterocycles. The summed E-state index contributed by atoms with van der Waals surface area (Å²) in [6.07, 6.45) is 13.3. The van der Waals surface area contributed by atoms with Gasteiger partial charge in [0.15, 0.2) is 0 Å². The van der Waals surface area contributed by atoms with Gasteiger partial charge in [-0.15, -0.1) is 0 Å². The van der Waals surface area contributed by atoms with Gasteiger partial charge in [0.25, 0.3) is 0 Å². The van der Waals surface area contributed by atoms with Gasteiger partial charge in [0.1, 0.15) is 0 Å². The van der Waals surface area contributed by atoms with E-state index in [9.17, 15) is 0 Å². The highest BCUT2D eigenvalue weighted by Gasteiger charge is 2.59. The first-order valence-electron chi connectivity index (χ1n) is 14.7. The minimum absolute atomic E-state index is 0.0537. The van der Waals surface area contributed by atoms with E-state index in [1.165, 1.54) is 86.9 Å². The Morgan fingerprint density at radius 3 is 2.32 bits per heavy atom. The molecule has 0 unspecified atom stereocenters. The van der Waals surface area contributed by atoms with Crippen LogP contribution in [0.4, 0.5) is 0 Å². The second-order valence-corrected chi connectivity index (χ2v) is 13.8. The number of hydrogen-bond acceptors (Lipinski definition) is 0. The van der Waals surface area contributed by atoms with E-state index in [4.69, 9.17) is 13.2 Å². The molecule has 0 nitrogen and oxygen atoms in total. The van der Waals surface area contributed by atoms with Crippen molar-refractivity contribution in [2.75, 3.05) is 0 Å². The van der Waals surface area contributed by atoms with E-state index in [0.717, 1.165) is 24.8 Å². The Bertz CT molecular complexity index is 1410. The number of hydrogen-bond donors (Lipinski definition) is 0. The maximum absolute atomic E-state index is 4.84. The van der Waals surface area contributed by atoms with Gasteiger partial charge in [-0.3, -0.25) is 0 Å². The molecule has 0 aromatic heterocycles. The van der Waals surface area contributed by atoms with Crippen LogP contribution in [0.15, 0.2) is 82.5 Å². The predicted molar refractivity (Wildman–Crippen MR) is 167 cm³/mol. The minimum Gasteiger partial charge on any atom is -0.0955 e. The largest absolute Gasteiger partial charge is 0.0955 e. The molecule has 4 aliphatic rings. The SMILES string of the molecule is C=C(C)C1=C(C)C[C@@]2(C)C[C@@]3(C)Cc4c(/C=C(\C)C5=CCCCC5)ccc(C)c4C(=C)C3=C(C)[C@@]2(C)C1=C.